The Bertz CT molecular complexity index is 365. The number of halogens is 1. The molecule has 1 N–H and O–H groups in total. The molecular formula is C13H22ClN3S. The fourth-order valence-corrected chi connectivity index (χ4v) is 4.00. The molecule has 0 saturated carbocycles. The van der Waals surface area contributed by atoms with Crippen LogP contribution in [0.4, 0.5) is 0 Å². The Morgan fingerprint density at radius 1 is 1.61 bits per heavy atom. The smallest absolute Gasteiger partial charge is 0.162 e. The molecule has 2 aliphatic heterocycles. The summed E-state index contributed by atoms with van der Waals surface area (Å²) in [5.41, 5.74) is 0.0431. The van der Waals surface area contributed by atoms with E-state index in [1.807, 2.05) is 6.92 Å². The highest BCUT2D eigenvalue weighted by Crippen LogP contribution is 2.43. The van der Waals surface area contributed by atoms with Gasteiger partial charge >= 0.3 is 0 Å². The minimum absolute atomic E-state index is 0.0431. The van der Waals surface area contributed by atoms with Gasteiger partial charge in [-0.05, 0) is 26.2 Å². The van der Waals surface area contributed by atoms with Gasteiger partial charge in [0.1, 0.15) is 5.84 Å². The SMILES string of the molecule is CC(Cl)CCC1SC(=N)N2CCCN=C2C1(C)C. The number of fused-ring (bicyclic) bond motifs is 1. The van der Waals surface area contributed by atoms with E-state index >= 15 is 0 Å². The van der Waals surface area contributed by atoms with Gasteiger partial charge in [-0.15, -0.1) is 11.6 Å². The van der Waals surface area contributed by atoms with E-state index in [-0.39, 0.29) is 10.8 Å². The number of nitrogens with one attached hydrogen (secondary N) is 1. The van der Waals surface area contributed by atoms with Gasteiger partial charge in [0.25, 0.3) is 0 Å². The normalized spacial score (nSPS) is 28.7. The first kappa shape index (κ1) is 14.2. The molecule has 0 spiro atoms. The van der Waals surface area contributed by atoms with Crippen LogP contribution >= 0.6 is 23.4 Å². The van der Waals surface area contributed by atoms with Crippen LogP contribution in [0.5, 0.6) is 0 Å². The quantitative estimate of drug-likeness (QED) is 0.806. The molecule has 1 fully saturated rings. The number of alkyl halides is 1. The number of hydrogen-bond acceptors (Lipinski definition) is 3. The molecule has 2 atom stereocenters. The average molecular weight is 288 g/mol. The summed E-state index contributed by atoms with van der Waals surface area (Å²) < 4.78 is 0. The van der Waals surface area contributed by atoms with Crippen molar-refractivity contribution in [2.45, 2.75) is 50.7 Å². The van der Waals surface area contributed by atoms with Crippen LogP contribution in [-0.4, -0.2) is 39.6 Å². The molecule has 0 radical (unpaired) electrons. The van der Waals surface area contributed by atoms with Crippen LogP contribution in [0.1, 0.15) is 40.0 Å². The van der Waals surface area contributed by atoms with Crippen molar-refractivity contribution in [3.63, 3.8) is 0 Å². The zero-order valence-corrected chi connectivity index (χ0v) is 12.9. The summed E-state index contributed by atoms with van der Waals surface area (Å²) in [7, 11) is 0. The van der Waals surface area contributed by atoms with Crippen LogP contribution in [0.2, 0.25) is 0 Å². The van der Waals surface area contributed by atoms with Crippen LogP contribution in [0, 0.1) is 10.8 Å². The molecule has 1 saturated heterocycles. The molecular weight excluding hydrogens is 266 g/mol. The van der Waals surface area contributed by atoms with Crippen molar-refractivity contribution < 1.29 is 0 Å². The second-order valence-electron chi connectivity index (χ2n) is 5.70. The maximum Gasteiger partial charge on any atom is 0.162 e. The first-order valence-corrected chi connectivity index (χ1v) is 7.96. The molecule has 0 aromatic rings. The molecule has 5 heteroatoms. The second-order valence-corrected chi connectivity index (χ2v) is 7.64. The molecule has 0 bridgehead atoms. The zero-order chi connectivity index (χ0) is 13.3. The van der Waals surface area contributed by atoms with Crippen molar-refractivity contribution in [1.82, 2.24) is 4.90 Å². The monoisotopic (exact) mass is 287 g/mol. The van der Waals surface area contributed by atoms with Crippen LogP contribution < -0.4 is 0 Å². The van der Waals surface area contributed by atoms with Gasteiger partial charge in [-0.1, -0.05) is 25.6 Å². The molecule has 0 amide bonds. The topological polar surface area (TPSA) is 39.5 Å². The van der Waals surface area contributed by atoms with E-state index in [0.29, 0.717) is 10.4 Å². The van der Waals surface area contributed by atoms with Gasteiger partial charge < -0.3 is 4.90 Å². The number of aliphatic imine (C=N–C) groups is 1. The lowest BCUT2D eigenvalue weighted by Crippen LogP contribution is -2.55. The van der Waals surface area contributed by atoms with E-state index < -0.39 is 0 Å². The summed E-state index contributed by atoms with van der Waals surface area (Å²) in [6.45, 7) is 8.41. The summed E-state index contributed by atoms with van der Waals surface area (Å²) in [6.07, 6.45) is 3.12. The zero-order valence-electron chi connectivity index (χ0n) is 11.4. The maximum absolute atomic E-state index is 8.18. The van der Waals surface area contributed by atoms with Crippen molar-refractivity contribution in [2.24, 2.45) is 10.4 Å². The highest BCUT2D eigenvalue weighted by Gasteiger charge is 2.44. The minimum Gasteiger partial charge on any atom is -0.309 e. The van der Waals surface area contributed by atoms with Crippen LogP contribution in [0.3, 0.4) is 0 Å². The van der Waals surface area contributed by atoms with Crippen LogP contribution in [-0.2, 0) is 0 Å². The Balaban J connectivity index is 2.18. The lowest BCUT2D eigenvalue weighted by Gasteiger charge is -2.47. The number of amidine groups is 2. The predicted octanol–water partition coefficient (Wildman–Crippen LogP) is 3.57. The van der Waals surface area contributed by atoms with Gasteiger partial charge in [0, 0.05) is 29.1 Å². The van der Waals surface area contributed by atoms with Crippen LogP contribution in [0.25, 0.3) is 0 Å². The van der Waals surface area contributed by atoms with Gasteiger partial charge in [-0.25, -0.2) is 0 Å². The van der Waals surface area contributed by atoms with Gasteiger partial charge in [0.15, 0.2) is 5.17 Å². The third-order valence-electron chi connectivity index (χ3n) is 3.76. The van der Waals surface area contributed by atoms with E-state index in [2.05, 4.69) is 23.7 Å². The molecule has 3 nitrogen and oxygen atoms in total. The fraction of sp³-hybridized carbons (Fsp3) is 0.846. The number of nitrogens with zero attached hydrogens (tertiary/aromatic N) is 2. The Morgan fingerprint density at radius 3 is 3.00 bits per heavy atom. The van der Waals surface area contributed by atoms with Crippen molar-refractivity contribution in [3.05, 3.63) is 0 Å². The molecule has 2 unspecified atom stereocenters. The Kier molecular flexibility index (Phi) is 4.27. The first-order chi connectivity index (χ1) is 8.43. The summed E-state index contributed by atoms with van der Waals surface area (Å²) in [6, 6.07) is 0. The largest absolute Gasteiger partial charge is 0.309 e. The molecule has 2 rings (SSSR count). The van der Waals surface area contributed by atoms with Crippen molar-refractivity contribution in [1.29, 1.82) is 5.41 Å². The number of thioether (sulfide) groups is 1. The summed E-state index contributed by atoms with van der Waals surface area (Å²) in [5, 5.41) is 9.47. The first-order valence-electron chi connectivity index (χ1n) is 6.64. The lowest BCUT2D eigenvalue weighted by atomic mass is 9.83. The Hall–Kier alpha value is -0.220. The molecule has 2 heterocycles. The van der Waals surface area contributed by atoms with Gasteiger partial charge in [0.05, 0.1) is 0 Å². The van der Waals surface area contributed by atoms with Crippen LogP contribution in [0.15, 0.2) is 4.99 Å². The summed E-state index contributed by atoms with van der Waals surface area (Å²) in [5.74, 6) is 1.12. The minimum atomic E-state index is 0.0431. The maximum atomic E-state index is 8.18. The van der Waals surface area contributed by atoms with E-state index in [1.54, 1.807) is 11.8 Å². The van der Waals surface area contributed by atoms with Gasteiger partial charge in [-0.3, -0.25) is 10.4 Å². The molecule has 18 heavy (non-hydrogen) atoms. The lowest BCUT2D eigenvalue weighted by molar-refractivity contribution is 0.390. The van der Waals surface area contributed by atoms with Crippen molar-refractivity contribution in [2.75, 3.05) is 13.1 Å². The summed E-state index contributed by atoms with van der Waals surface area (Å²) in [4.78, 5) is 6.78. The van der Waals surface area contributed by atoms with Crippen molar-refractivity contribution >= 4 is 34.4 Å². The Labute approximate surface area is 119 Å². The van der Waals surface area contributed by atoms with E-state index in [4.69, 9.17) is 17.0 Å². The van der Waals surface area contributed by atoms with Gasteiger partial charge in [-0.2, -0.15) is 0 Å². The van der Waals surface area contributed by atoms with E-state index in [9.17, 15) is 0 Å². The third kappa shape index (κ3) is 2.69. The van der Waals surface area contributed by atoms with Crippen molar-refractivity contribution in [3.8, 4) is 0 Å². The molecule has 2 aliphatic rings. The van der Waals surface area contributed by atoms with E-state index in [1.165, 1.54) is 0 Å². The van der Waals surface area contributed by atoms with Gasteiger partial charge in [0.2, 0.25) is 0 Å². The highest BCUT2D eigenvalue weighted by atomic mass is 35.5. The fourth-order valence-electron chi connectivity index (χ4n) is 2.64. The molecule has 0 aromatic heterocycles. The summed E-state index contributed by atoms with van der Waals surface area (Å²) >= 11 is 7.75. The Morgan fingerprint density at radius 2 is 2.33 bits per heavy atom. The molecule has 0 aliphatic carbocycles. The van der Waals surface area contributed by atoms with E-state index in [0.717, 1.165) is 38.2 Å². The number of rotatable bonds is 3. The second kappa shape index (κ2) is 5.41. The molecule has 0 aromatic carbocycles. The highest BCUT2D eigenvalue weighted by molar-refractivity contribution is 8.14. The predicted molar refractivity (Wildman–Crippen MR) is 81.1 cm³/mol. The number of hydrogen-bond donors (Lipinski definition) is 1. The molecule has 102 valence electrons. The third-order valence-corrected chi connectivity index (χ3v) is 5.54. The average Bonchev–Trinajstić information content (AvgIpc) is 2.32. The standard InChI is InChI=1S/C13H22ClN3S/c1-9(14)5-6-10-13(2,3)11-16-7-4-8-17(11)12(15)18-10/h9-10,15H,4-8H2,1-3H3.